The molecule has 7 rings (SSSR count). The van der Waals surface area contributed by atoms with Crippen molar-refractivity contribution in [2.75, 3.05) is 0 Å². The molecular weight excluding hydrogens is 436 g/mol. The predicted octanol–water partition coefficient (Wildman–Crippen LogP) is 6.90. The Balaban J connectivity index is 1.68. The number of rotatable bonds is 3. The van der Waals surface area contributed by atoms with E-state index in [9.17, 15) is 0 Å². The van der Waals surface area contributed by atoms with Crippen molar-refractivity contribution in [1.82, 2.24) is 0 Å². The molecule has 2 aliphatic heterocycles. The second-order valence-corrected chi connectivity index (χ2v) is 10.0. The minimum Gasteiger partial charge on any atom is -0.185 e. The molecule has 36 heavy (non-hydrogen) atoms. The molecule has 1 spiro atoms. The van der Waals surface area contributed by atoms with Crippen molar-refractivity contribution >= 4 is 0 Å². The Labute approximate surface area is 213 Å². The molecule has 0 saturated carbocycles. The van der Waals surface area contributed by atoms with Gasteiger partial charge < -0.3 is 0 Å². The molecule has 0 N–H and O–H groups in total. The zero-order valence-electron chi connectivity index (χ0n) is 20.9. The molecule has 0 aliphatic carbocycles. The summed E-state index contributed by atoms with van der Waals surface area (Å²) in [6, 6.07) is 40.2. The SMILES string of the molecule is CCC1(CC)[n+]2ccccc2-c2ccccc2C12c1ccccc1-c1ccc(-c3ccccc3)c[n+]12. The molecule has 0 amide bonds. The van der Waals surface area contributed by atoms with Crippen LogP contribution in [0, 0.1) is 0 Å². The van der Waals surface area contributed by atoms with Gasteiger partial charge in [0.2, 0.25) is 16.9 Å². The van der Waals surface area contributed by atoms with Crippen LogP contribution in [0.4, 0.5) is 0 Å². The highest BCUT2D eigenvalue weighted by atomic mass is 15.2. The molecule has 0 saturated heterocycles. The molecule has 2 aromatic heterocycles. The fraction of sp³-hybridized carbons (Fsp3) is 0.176. The van der Waals surface area contributed by atoms with E-state index >= 15 is 0 Å². The molecule has 5 aromatic rings. The van der Waals surface area contributed by atoms with E-state index in [2.05, 4.69) is 145 Å². The normalized spacial score (nSPS) is 18.3. The molecule has 174 valence electrons. The molecule has 1 unspecified atom stereocenters. The van der Waals surface area contributed by atoms with E-state index in [1.165, 1.54) is 44.8 Å². The number of hydrogen-bond donors (Lipinski definition) is 0. The van der Waals surface area contributed by atoms with E-state index in [4.69, 9.17) is 0 Å². The number of aromatic nitrogens is 2. The molecule has 3 aromatic carbocycles. The summed E-state index contributed by atoms with van der Waals surface area (Å²) in [6.07, 6.45) is 6.74. The third-order valence-electron chi connectivity index (χ3n) is 8.77. The molecule has 4 heterocycles. The second-order valence-electron chi connectivity index (χ2n) is 10.0. The van der Waals surface area contributed by atoms with Gasteiger partial charge in [0.05, 0.1) is 11.1 Å². The van der Waals surface area contributed by atoms with Crippen LogP contribution in [-0.2, 0) is 11.1 Å². The number of nitrogens with zero attached hydrogens (tertiary/aromatic N) is 2. The molecule has 2 aliphatic rings. The predicted molar refractivity (Wildman–Crippen MR) is 144 cm³/mol. The van der Waals surface area contributed by atoms with Crippen molar-refractivity contribution in [3.63, 3.8) is 0 Å². The van der Waals surface area contributed by atoms with E-state index in [1.807, 2.05) is 0 Å². The molecular formula is C34H30N2+2. The molecule has 0 radical (unpaired) electrons. The highest BCUT2D eigenvalue weighted by molar-refractivity contribution is 5.75. The zero-order valence-corrected chi connectivity index (χ0v) is 20.9. The van der Waals surface area contributed by atoms with Crippen LogP contribution >= 0.6 is 0 Å². The van der Waals surface area contributed by atoms with Gasteiger partial charge in [0.1, 0.15) is 0 Å². The summed E-state index contributed by atoms with van der Waals surface area (Å²) in [5.74, 6) is 0. The Hall–Kier alpha value is -4.04. The van der Waals surface area contributed by atoms with Gasteiger partial charge in [-0.05, 0) is 29.8 Å². The van der Waals surface area contributed by atoms with Gasteiger partial charge in [-0.25, -0.2) is 0 Å². The first-order valence-electron chi connectivity index (χ1n) is 13.1. The fourth-order valence-electron chi connectivity index (χ4n) is 7.29. The van der Waals surface area contributed by atoms with E-state index in [-0.39, 0.29) is 11.1 Å². The number of benzene rings is 3. The van der Waals surface area contributed by atoms with Crippen LogP contribution in [0.2, 0.25) is 0 Å². The van der Waals surface area contributed by atoms with Gasteiger partial charge in [-0.1, -0.05) is 80.6 Å². The Morgan fingerprint density at radius 3 is 1.78 bits per heavy atom. The van der Waals surface area contributed by atoms with Gasteiger partial charge in [0.15, 0.2) is 12.4 Å². The van der Waals surface area contributed by atoms with E-state index in [1.54, 1.807) is 0 Å². The fourth-order valence-corrected chi connectivity index (χ4v) is 7.29. The third kappa shape index (κ3) is 2.47. The number of hydrogen-bond acceptors (Lipinski definition) is 0. The Bertz CT molecular complexity index is 1610. The quantitative estimate of drug-likeness (QED) is 0.256. The first kappa shape index (κ1) is 21.3. The van der Waals surface area contributed by atoms with Gasteiger partial charge in [-0.2, -0.15) is 9.13 Å². The van der Waals surface area contributed by atoms with Crippen LogP contribution < -0.4 is 9.13 Å². The minimum absolute atomic E-state index is 0.181. The second kappa shape index (κ2) is 7.73. The summed E-state index contributed by atoms with van der Waals surface area (Å²) in [6.45, 7) is 4.73. The highest BCUT2D eigenvalue weighted by Gasteiger charge is 2.73. The molecule has 2 heteroatoms. The smallest absolute Gasteiger partial charge is 0.185 e. The average molecular weight is 467 g/mol. The minimum atomic E-state index is -0.372. The summed E-state index contributed by atoms with van der Waals surface area (Å²) in [5.41, 5.74) is 9.95. The number of fused-ring (bicyclic) bond motifs is 9. The molecule has 0 bridgehead atoms. The van der Waals surface area contributed by atoms with Gasteiger partial charge >= 0.3 is 0 Å². The largest absolute Gasteiger partial charge is 0.284 e. The summed E-state index contributed by atoms with van der Waals surface area (Å²) >= 11 is 0. The third-order valence-corrected chi connectivity index (χ3v) is 8.77. The van der Waals surface area contributed by atoms with Crippen LogP contribution in [0.15, 0.2) is 122 Å². The van der Waals surface area contributed by atoms with Crippen LogP contribution in [0.3, 0.4) is 0 Å². The Kier molecular flexibility index (Phi) is 4.56. The van der Waals surface area contributed by atoms with Gasteiger partial charge in [0, 0.05) is 47.7 Å². The van der Waals surface area contributed by atoms with Crippen LogP contribution in [0.1, 0.15) is 37.8 Å². The topological polar surface area (TPSA) is 7.76 Å². The van der Waals surface area contributed by atoms with Crippen molar-refractivity contribution in [1.29, 1.82) is 0 Å². The van der Waals surface area contributed by atoms with Crippen molar-refractivity contribution in [2.45, 2.75) is 37.8 Å². The van der Waals surface area contributed by atoms with E-state index in [0.29, 0.717) is 0 Å². The maximum atomic E-state index is 2.62. The lowest BCUT2D eigenvalue weighted by molar-refractivity contribution is -0.856. The maximum Gasteiger partial charge on any atom is 0.284 e. The van der Waals surface area contributed by atoms with E-state index < -0.39 is 0 Å². The summed E-state index contributed by atoms with van der Waals surface area (Å²) in [4.78, 5) is 0. The van der Waals surface area contributed by atoms with Crippen molar-refractivity contribution in [2.24, 2.45) is 0 Å². The van der Waals surface area contributed by atoms with Gasteiger partial charge in [0.25, 0.3) is 5.54 Å². The van der Waals surface area contributed by atoms with Crippen molar-refractivity contribution in [3.05, 3.63) is 133 Å². The van der Waals surface area contributed by atoms with Crippen LogP contribution in [-0.4, -0.2) is 0 Å². The average Bonchev–Trinajstić information content (AvgIpc) is 3.25. The van der Waals surface area contributed by atoms with Crippen molar-refractivity contribution < 1.29 is 9.13 Å². The first-order chi connectivity index (χ1) is 17.8. The monoisotopic (exact) mass is 466 g/mol. The standard InChI is InChI=1S/C34H30N2/c1-3-33(4-2)34(29-18-10-8-16-27(29)31-20-12-13-23-35(31)33)30-19-11-9-17-28(30)32-22-21-26(24-36(32)34)25-14-6-5-7-15-25/h5-24H,3-4H2,1-2H3/q+2. The summed E-state index contributed by atoms with van der Waals surface area (Å²) in [7, 11) is 0. The summed E-state index contributed by atoms with van der Waals surface area (Å²) < 4.78 is 5.21. The number of pyridine rings is 2. The lowest BCUT2D eigenvalue weighted by Crippen LogP contribution is -2.78. The zero-order chi connectivity index (χ0) is 24.3. The Morgan fingerprint density at radius 2 is 1.11 bits per heavy atom. The van der Waals surface area contributed by atoms with E-state index in [0.717, 1.165) is 12.8 Å². The summed E-state index contributed by atoms with van der Waals surface area (Å²) in [5, 5.41) is 0. The Morgan fingerprint density at radius 1 is 0.528 bits per heavy atom. The lowest BCUT2D eigenvalue weighted by Gasteiger charge is -2.44. The van der Waals surface area contributed by atoms with Crippen LogP contribution in [0.5, 0.6) is 0 Å². The van der Waals surface area contributed by atoms with Crippen LogP contribution in [0.25, 0.3) is 33.6 Å². The van der Waals surface area contributed by atoms with Crippen molar-refractivity contribution in [3.8, 4) is 33.6 Å². The molecule has 2 nitrogen and oxygen atoms in total. The molecule has 1 atom stereocenters. The van der Waals surface area contributed by atoms with Gasteiger partial charge in [-0.15, -0.1) is 0 Å². The first-order valence-corrected chi connectivity index (χ1v) is 13.1. The molecule has 0 fully saturated rings. The maximum absolute atomic E-state index is 2.62. The highest BCUT2D eigenvalue weighted by Crippen LogP contribution is 2.56. The lowest BCUT2D eigenvalue weighted by atomic mass is 9.61. The van der Waals surface area contributed by atoms with Gasteiger partial charge in [-0.3, -0.25) is 0 Å².